The van der Waals surface area contributed by atoms with Crippen LogP contribution in [0.3, 0.4) is 0 Å². The lowest BCUT2D eigenvalue weighted by atomic mass is 10.1. The van der Waals surface area contributed by atoms with E-state index in [1.807, 2.05) is 24.5 Å². The molecule has 6 heteroatoms. The molecule has 0 bridgehead atoms. The zero-order chi connectivity index (χ0) is 16.8. The van der Waals surface area contributed by atoms with Gasteiger partial charge in [-0.25, -0.2) is 0 Å². The van der Waals surface area contributed by atoms with Crippen LogP contribution in [0, 0.1) is 11.3 Å². The van der Waals surface area contributed by atoms with Crippen LogP contribution in [-0.4, -0.2) is 22.4 Å². The molecule has 0 saturated heterocycles. The number of thioether (sulfide) groups is 1. The van der Waals surface area contributed by atoms with E-state index in [2.05, 4.69) is 5.32 Å². The van der Waals surface area contributed by atoms with Gasteiger partial charge in [0.2, 0.25) is 0 Å². The highest BCUT2D eigenvalue weighted by molar-refractivity contribution is 7.98. The molecule has 2 aromatic carbocycles. The van der Waals surface area contributed by atoms with Crippen LogP contribution in [0.4, 0.5) is 5.69 Å². The Balaban J connectivity index is 2.26. The van der Waals surface area contributed by atoms with Gasteiger partial charge in [-0.15, -0.1) is 11.8 Å². The van der Waals surface area contributed by atoms with Crippen molar-refractivity contribution in [1.82, 2.24) is 0 Å². The monoisotopic (exact) mass is 326 g/mol. The second-order valence-electron chi connectivity index (χ2n) is 4.57. The van der Waals surface area contributed by atoms with E-state index in [0.717, 1.165) is 4.90 Å². The number of benzene rings is 2. The van der Waals surface area contributed by atoms with Crippen molar-refractivity contribution in [3.05, 3.63) is 53.6 Å². The lowest BCUT2D eigenvalue weighted by Crippen LogP contribution is -2.14. The van der Waals surface area contributed by atoms with Gasteiger partial charge in [-0.3, -0.25) is 4.79 Å². The fraction of sp³-hybridized carbons (Fsp3) is 0.0588. The number of amides is 1. The minimum absolute atomic E-state index is 0.106. The smallest absolute Gasteiger partial charge is 0.266 e. The number of carbonyl (C=O) groups is 1. The van der Waals surface area contributed by atoms with Gasteiger partial charge in [0, 0.05) is 4.90 Å². The summed E-state index contributed by atoms with van der Waals surface area (Å²) in [7, 11) is 0. The predicted octanol–water partition coefficient (Wildman–Crippen LogP) is 3.37. The van der Waals surface area contributed by atoms with E-state index in [9.17, 15) is 20.3 Å². The van der Waals surface area contributed by atoms with Gasteiger partial charge < -0.3 is 15.5 Å². The SMILES string of the molecule is CSc1ccccc1NC(=O)/C(C#N)=C/c1ccc(O)c(O)c1. The molecule has 5 nitrogen and oxygen atoms in total. The summed E-state index contributed by atoms with van der Waals surface area (Å²) in [4.78, 5) is 13.1. The highest BCUT2D eigenvalue weighted by Crippen LogP contribution is 2.27. The van der Waals surface area contributed by atoms with Gasteiger partial charge in [0.15, 0.2) is 11.5 Å². The molecule has 116 valence electrons. The first-order valence-electron chi connectivity index (χ1n) is 6.63. The van der Waals surface area contributed by atoms with Crippen LogP contribution in [0.25, 0.3) is 6.08 Å². The average molecular weight is 326 g/mol. The van der Waals surface area contributed by atoms with Crippen LogP contribution in [-0.2, 0) is 4.79 Å². The number of para-hydroxylation sites is 1. The van der Waals surface area contributed by atoms with Crippen LogP contribution >= 0.6 is 11.8 Å². The molecule has 0 heterocycles. The molecule has 23 heavy (non-hydrogen) atoms. The number of nitrogens with zero attached hydrogens (tertiary/aromatic N) is 1. The van der Waals surface area contributed by atoms with Crippen molar-refractivity contribution in [2.75, 3.05) is 11.6 Å². The number of aromatic hydroxyl groups is 2. The van der Waals surface area contributed by atoms with Crippen molar-refractivity contribution in [2.45, 2.75) is 4.90 Å². The average Bonchev–Trinajstić information content (AvgIpc) is 2.56. The maximum Gasteiger partial charge on any atom is 0.266 e. The molecule has 3 N–H and O–H groups in total. The van der Waals surface area contributed by atoms with E-state index in [-0.39, 0.29) is 17.1 Å². The molecule has 0 unspecified atom stereocenters. The van der Waals surface area contributed by atoms with Gasteiger partial charge in [-0.2, -0.15) is 5.26 Å². The molecule has 0 saturated carbocycles. The number of anilines is 1. The number of phenolic OH excluding ortho intramolecular Hbond substituents is 2. The Bertz CT molecular complexity index is 810. The van der Waals surface area contributed by atoms with Crippen molar-refractivity contribution in [2.24, 2.45) is 0 Å². The van der Waals surface area contributed by atoms with Crippen LogP contribution in [0.5, 0.6) is 11.5 Å². The van der Waals surface area contributed by atoms with E-state index < -0.39 is 5.91 Å². The Labute approximate surface area is 137 Å². The minimum atomic E-state index is -0.540. The van der Waals surface area contributed by atoms with Gasteiger partial charge in [0.1, 0.15) is 11.6 Å². The minimum Gasteiger partial charge on any atom is -0.504 e. The van der Waals surface area contributed by atoms with Crippen LogP contribution in [0.2, 0.25) is 0 Å². The Morgan fingerprint density at radius 3 is 2.61 bits per heavy atom. The molecule has 0 aliphatic rings. The number of nitriles is 1. The maximum atomic E-state index is 12.2. The molecular formula is C17H14N2O3S. The van der Waals surface area contributed by atoms with Crippen molar-refractivity contribution >= 4 is 29.4 Å². The molecule has 0 spiro atoms. The topological polar surface area (TPSA) is 93.4 Å². The van der Waals surface area contributed by atoms with E-state index in [1.165, 1.54) is 36.0 Å². The Hall–Kier alpha value is -2.91. The quantitative estimate of drug-likeness (QED) is 0.347. The van der Waals surface area contributed by atoms with E-state index in [1.54, 1.807) is 12.1 Å². The van der Waals surface area contributed by atoms with Crippen molar-refractivity contribution in [3.63, 3.8) is 0 Å². The largest absolute Gasteiger partial charge is 0.504 e. The van der Waals surface area contributed by atoms with Gasteiger partial charge in [0.25, 0.3) is 5.91 Å². The van der Waals surface area contributed by atoms with E-state index in [4.69, 9.17) is 0 Å². The third-order valence-corrected chi connectivity index (χ3v) is 3.83. The third kappa shape index (κ3) is 4.05. The molecule has 2 aromatic rings. The number of hydrogen-bond donors (Lipinski definition) is 3. The Morgan fingerprint density at radius 1 is 1.22 bits per heavy atom. The van der Waals surface area contributed by atoms with Crippen molar-refractivity contribution in [3.8, 4) is 17.6 Å². The highest BCUT2D eigenvalue weighted by atomic mass is 32.2. The lowest BCUT2D eigenvalue weighted by Gasteiger charge is -2.08. The first-order valence-corrected chi connectivity index (χ1v) is 7.85. The Kier molecular flexibility index (Phi) is 5.28. The molecule has 1 amide bonds. The summed E-state index contributed by atoms with van der Waals surface area (Å²) in [5, 5.41) is 30.6. The lowest BCUT2D eigenvalue weighted by molar-refractivity contribution is -0.112. The zero-order valence-corrected chi connectivity index (χ0v) is 13.1. The second-order valence-corrected chi connectivity index (χ2v) is 5.42. The van der Waals surface area contributed by atoms with Gasteiger partial charge in [0.05, 0.1) is 5.69 Å². The second kappa shape index (κ2) is 7.38. The summed E-state index contributed by atoms with van der Waals surface area (Å²) in [5.74, 6) is -1.12. The highest BCUT2D eigenvalue weighted by Gasteiger charge is 2.12. The van der Waals surface area contributed by atoms with Gasteiger partial charge in [-0.05, 0) is 42.2 Å². The summed E-state index contributed by atoms with van der Waals surface area (Å²) >= 11 is 1.49. The van der Waals surface area contributed by atoms with Gasteiger partial charge in [-0.1, -0.05) is 18.2 Å². The molecule has 2 rings (SSSR count). The van der Waals surface area contributed by atoms with Crippen LogP contribution in [0.15, 0.2) is 52.9 Å². The summed E-state index contributed by atoms with van der Waals surface area (Å²) in [6.45, 7) is 0. The third-order valence-electron chi connectivity index (χ3n) is 3.03. The standard InChI is InChI=1S/C17H14N2O3S/c1-23-16-5-3-2-4-13(16)19-17(22)12(10-18)8-11-6-7-14(20)15(21)9-11/h2-9,20-21H,1H3,(H,19,22)/b12-8+. The van der Waals surface area contributed by atoms with Crippen molar-refractivity contribution in [1.29, 1.82) is 5.26 Å². The normalized spacial score (nSPS) is 10.9. The van der Waals surface area contributed by atoms with Crippen LogP contribution in [0.1, 0.15) is 5.56 Å². The molecule has 0 aliphatic heterocycles. The van der Waals surface area contributed by atoms with E-state index >= 15 is 0 Å². The summed E-state index contributed by atoms with van der Waals surface area (Å²) in [5.41, 5.74) is 0.954. The molecule has 0 fully saturated rings. The first kappa shape index (κ1) is 16.5. The summed E-state index contributed by atoms with van der Waals surface area (Å²) in [6.07, 6.45) is 3.24. The Morgan fingerprint density at radius 2 is 1.96 bits per heavy atom. The number of phenols is 2. The summed E-state index contributed by atoms with van der Waals surface area (Å²) in [6, 6.07) is 13.2. The molecule has 0 aliphatic carbocycles. The molecular weight excluding hydrogens is 312 g/mol. The van der Waals surface area contributed by atoms with E-state index in [0.29, 0.717) is 11.3 Å². The maximum absolute atomic E-state index is 12.2. The number of rotatable bonds is 4. The van der Waals surface area contributed by atoms with Gasteiger partial charge >= 0.3 is 0 Å². The fourth-order valence-electron chi connectivity index (χ4n) is 1.88. The molecule has 0 atom stereocenters. The molecule has 0 aromatic heterocycles. The first-order chi connectivity index (χ1) is 11.0. The molecule has 0 radical (unpaired) electrons. The summed E-state index contributed by atoms with van der Waals surface area (Å²) < 4.78 is 0. The number of nitrogens with one attached hydrogen (secondary N) is 1. The fourth-order valence-corrected chi connectivity index (χ4v) is 2.44. The predicted molar refractivity (Wildman–Crippen MR) is 90.2 cm³/mol. The zero-order valence-electron chi connectivity index (χ0n) is 12.3. The number of hydrogen-bond acceptors (Lipinski definition) is 5. The van der Waals surface area contributed by atoms with Crippen LogP contribution < -0.4 is 5.32 Å². The number of carbonyl (C=O) groups excluding carboxylic acids is 1. The van der Waals surface area contributed by atoms with Crippen molar-refractivity contribution < 1.29 is 15.0 Å².